The topological polar surface area (TPSA) is 58.2 Å². The van der Waals surface area contributed by atoms with E-state index in [0.717, 1.165) is 0 Å². The summed E-state index contributed by atoms with van der Waals surface area (Å²) >= 11 is 5.76. The maximum atomic E-state index is 12.1. The number of sulfonamides is 1. The third kappa shape index (κ3) is 5.58. The van der Waals surface area contributed by atoms with Crippen molar-refractivity contribution < 1.29 is 8.42 Å². The second-order valence-corrected chi connectivity index (χ2v) is 7.70. The Balaban J connectivity index is 1.75. The summed E-state index contributed by atoms with van der Waals surface area (Å²) in [4.78, 5) is 0.251. The number of nitrogens with one attached hydrogen (secondary N) is 2. The lowest BCUT2D eigenvalue weighted by Crippen LogP contribution is -2.36. The molecule has 21 heavy (non-hydrogen) atoms. The van der Waals surface area contributed by atoms with Crippen molar-refractivity contribution in [3.8, 4) is 0 Å². The average Bonchev–Trinajstić information content (AvgIpc) is 2.73. The van der Waals surface area contributed by atoms with Crippen LogP contribution in [0.3, 0.4) is 0 Å². The van der Waals surface area contributed by atoms with Gasteiger partial charge in [0.15, 0.2) is 0 Å². The number of halogens is 1. The van der Waals surface area contributed by atoms with Crippen LogP contribution in [0.4, 0.5) is 0 Å². The van der Waals surface area contributed by atoms with Gasteiger partial charge in [-0.2, -0.15) is 0 Å². The summed E-state index contributed by atoms with van der Waals surface area (Å²) in [6.45, 7) is 1.07. The Morgan fingerprint density at radius 2 is 1.62 bits per heavy atom. The molecule has 0 aliphatic heterocycles. The Kier molecular flexibility index (Phi) is 6.48. The Morgan fingerprint density at radius 3 is 2.24 bits per heavy atom. The molecule has 2 N–H and O–H groups in total. The molecule has 0 unspecified atom stereocenters. The molecule has 0 atom stereocenters. The molecule has 0 bridgehead atoms. The molecule has 0 radical (unpaired) electrons. The molecule has 1 aliphatic carbocycles. The van der Waals surface area contributed by atoms with Gasteiger partial charge < -0.3 is 5.32 Å². The Labute approximate surface area is 132 Å². The fraction of sp³-hybridized carbons (Fsp3) is 0.600. The maximum Gasteiger partial charge on any atom is 0.240 e. The first-order chi connectivity index (χ1) is 10.1. The van der Waals surface area contributed by atoms with Gasteiger partial charge in [-0.05, 0) is 37.1 Å². The average molecular weight is 331 g/mol. The lowest BCUT2D eigenvalue weighted by molar-refractivity contribution is 0.461. The maximum absolute atomic E-state index is 12.1. The standard InChI is InChI=1S/C15H23ClN2O2S/c16-13-7-9-15(10-8-13)21(19,20)18-12-11-17-14-5-3-1-2-4-6-14/h7-10,14,17-18H,1-6,11-12H2. The summed E-state index contributed by atoms with van der Waals surface area (Å²) in [5, 5.41) is 3.98. The molecule has 1 saturated carbocycles. The highest BCUT2D eigenvalue weighted by atomic mass is 35.5. The summed E-state index contributed by atoms with van der Waals surface area (Å²) in [5.74, 6) is 0. The van der Waals surface area contributed by atoms with Crippen molar-refractivity contribution in [1.29, 1.82) is 0 Å². The van der Waals surface area contributed by atoms with Gasteiger partial charge in [0, 0.05) is 24.2 Å². The van der Waals surface area contributed by atoms with Crippen molar-refractivity contribution in [2.24, 2.45) is 0 Å². The van der Waals surface area contributed by atoms with Crippen molar-refractivity contribution in [3.63, 3.8) is 0 Å². The third-order valence-electron chi connectivity index (χ3n) is 3.83. The van der Waals surface area contributed by atoms with Crippen molar-refractivity contribution in [1.82, 2.24) is 10.0 Å². The summed E-state index contributed by atoms with van der Waals surface area (Å²) in [5.41, 5.74) is 0. The van der Waals surface area contributed by atoms with Gasteiger partial charge in [-0.3, -0.25) is 0 Å². The fourth-order valence-corrected chi connectivity index (χ4v) is 3.80. The summed E-state index contributed by atoms with van der Waals surface area (Å²) in [6, 6.07) is 6.74. The molecule has 118 valence electrons. The number of benzene rings is 1. The molecule has 0 spiro atoms. The third-order valence-corrected chi connectivity index (χ3v) is 5.56. The van der Waals surface area contributed by atoms with Gasteiger partial charge in [0.2, 0.25) is 10.0 Å². The van der Waals surface area contributed by atoms with Crippen molar-refractivity contribution in [2.75, 3.05) is 13.1 Å². The molecule has 1 aromatic carbocycles. The monoisotopic (exact) mass is 330 g/mol. The number of hydrogen-bond acceptors (Lipinski definition) is 3. The highest BCUT2D eigenvalue weighted by Gasteiger charge is 2.14. The van der Waals surface area contributed by atoms with E-state index in [9.17, 15) is 8.42 Å². The summed E-state index contributed by atoms with van der Waals surface area (Å²) in [6.07, 6.45) is 7.58. The molecule has 0 amide bonds. The van der Waals surface area contributed by atoms with Crippen LogP contribution < -0.4 is 10.0 Å². The van der Waals surface area contributed by atoms with Crippen LogP contribution in [0, 0.1) is 0 Å². The molecular formula is C15H23ClN2O2S. The van der Waals surface area contributed by atoms with Crippen LogP contribution in [0.15, 0.2) is 29.2 Å². The SMILES string of the molecule is O=S(=O)(NCCNC1CCCCCC1)c1ccc(Cl)cc1. The van der Waals surface area contributed by atoms with Crippen LogP contribution >= 0.6 is 11.6 Å². The molecule has 1 aliphatic rings. The highest BCUT2D eigenvalue weighted by molar-refractivity contribution is 7.89. The quantitative estimate of drug-likeness (QED) is 0.623. The van der Waals surface area contributed by atoms with Crippen LogP contribution in [0.2, 0.25) is 5.02 Å². The van der Waals surface area contributed by atoms with Crippen LogP contribution in [-0.2, 0) is 10.0 Å². The molecule has 2 rings (SSSR count). The van der Waals surface area contributed by atoms with Gasteiger partial charge in [0.05, 0.1) is 4.90 Å². The van der Waals surface area contributed by atoms with Gasteiger partial charge in [0.1, 0.15) is 0 Å². The van der Waals surface area contributed by atoms with E-state index in [4.69, 9.17) is 11.6 Å². The molecule has 0 heterocycles. The van der Waals surface area contributed by atoms with Gasteiger partial charge in [-0.25, -0.2) is 13.1 Å². The summed E-state index contributed by atoms with van der Waals surface area (Å²) < 4.78 is 26.8. The van der Waals surface area contributed by atoms with Crippen LogP contribution in [0.5, 0.6) is 0 Å². The second kappa shape index (κ2) is 8.13. The Hall–Kier alpha value is -0.620. The van der Waals surface area contributed by atoms with Gasteiger partial charge in [-0.15, -0.1) is 0 Å². The first-order valence-electron chi connectivity index (χ1n) is 7.56. The van der Waals surface area contributed by atoms with Gasteiger partial charge in [0.25, 0.3) is 0 Å². The zero-order chi connectivity index (χ0) is 15.1. The van der Waals surface area contributed by atoms with Crippen LogP contribution in [0.1, 0.15) is 38.5 Å². The van der Waals surface area contributed by atoms with E-state index in [1.807, 2.05) is 0 Å². The molecule has 0 saturated heterocycles. The van der Waals surface area contributed by atoms with E-state index in [1.54, 1.807) is 12.1 Å². The van der Waals surface area contributed by atoms with E-state index in [-0.39, 0.29) is 4.90 Å². The molecule has 4 nitrogen and oxygen atoms in total. The van der Waals surface area contributed by atoms with Gasteiger partial charge >= 0.3 is 0 Å². The lowest BCUT2D eigenvalue weighted by atomic mass is 10.1. The molecular weight excluding hydrogens is 308 g/mol. The van der Waals surface area contributed by atoms with Crippen molar-refractivity contribution in [2.45, 2.75) is 49.5 Å². The highest BCUT2D eigenvalue weighted by Crippen LogP contribution is 2.17. The normalized spacial score (nSPS) is 17.6. The van der Waals surface area contributed by atoms with E-state index in [2.05, 4.69) is 10.0 Å². The van der Waals surface area contributed by atoms with E-state index < -0.39 is 10.0 Å². The first-order valence-corrected chi connectivity index (χ1v) is 9.43. The largest absolute Gasteiger partial charge is 0.313 e. The minimum atomic E-state index is -3.44. The minimum absolute atomic E-state index is 0.251. The lowest BCUT2D eigenvalue weighted by Gasteiger charge is -2.16. The smallest absolute Gasteiger partial charge is 0.240 e. The predicted molar refractivity (Wildman–Crippen MR) is 86.1 cm³/mol. The van der Waals surface area contributed by atoms with Crippen molar-refractivity contribution in [3.05, 3.63) is 29.3 Å². The Morgan fingerprint density at radius 1 is 1.00 bits per heavy atom. The van der Waals surface area contributed by atoms with Crippen LogP contribution in [-0.4, -0.2) is 27.5 Å². The molecule has 1 fully saturated rings. The fourth-order valence-electron chi connectivity index (χ4n) is 2.64. The van der Waals surface area contributed by atoms with Crippen LogP contribution in [0.25, 0.3) is 0 Å². The van der Waals surface area contributed by atoms with E-state index >= 15 is 0 Å². The molecule has 1 aromatic rings. The second-order valence-electron chi connectivity index (χ2n) is 5.49. The Bertz CT molecular complexity index is 523. The van der Waals surface area contributed by atoms with Gasteiger partial charge in [-0.1, -0.05) is 37.3 Å². The molecule has 6 heteroatoms. The van der Waals surface area contributed by atoms with E-state index in [0.29, 0.717) is 24.2 Å². The minimum Gasteiger partial charge on any atom is -0.313 e. The van der Waals surface area contributed by atoms with Crippen molar-refractivity contribution >= 4 is 21.6 Å². The predicted octanol–water partition coefficient (Wildman–Crippen LogP) is 2.93. The summed E-state index contributed by atoms with van der Waals surface area (Å²) in [7, 11) is -3.44. The first kappa shape index (κ1) is 16.7. The van der Waals surface area contributed by atoms with E-state index in [1.165, 1.54) is 50.7 Å². The zero-order valence-corrected chi connectivity index (χ0v) is 13.7. The zero-order valence-electron chi connectivity index (χ0n) is 12.1. The number of rotatable bonds is 6. The molecule has 0 aromatic heterocycles. The number of hydrogen-bond donors (Lipinski definition) is 2.